The number of imidazole rings is 1. The second kappa shape index (κ2) is 8.48. The zero-order valence-corrected chi connectivity index (χ0v) is 19.5. The van der Waals surface area contributed by atoms with Gasteiger partial charge in [-0.1, -0.05) is 60.2 Å². The molecule has 2 atom stereocenters. The first-order valence-electron chi connectivity index (χ1n) is 10.9. The lowest BCUT2D eigenvalue weighted by Gasteiger charge is -2.42. The van der Waals surface area contributed by atoms with E-state index in [4.69, 9.17) is 0 Å². The Morgan fingerprint density at radius 2 is 1.77 bits per heavy atom. The van der Waals surface area contributed by atoms with Crippen molar-refractivity contribution in [2.24, 2.45) is 14.1 Å². The van der Waals surface area contributed by atoms with Crippen LogP contribution in [0.3, 0.4) is 0 Å². The molecule has 0 radical (unpaired) electrons. The Bertz CT molecular complexity index is 1170. The third-order valence-electron chi connectivity index (χ3n) is 6.86. The minimum absolute atomic E-state index is 0.167. The second-order valence-electron chi connectivity index (χ2n) is 8.99. The largest absolute Gasteiger partial charge is 0.274 e. The zero-order valence-electron chi connectivity index (χ0n) is 18.7. The molecule has 31 heavy (non-hydrogen) atoms. The predicted octanol–water partition coefficient (Wildman–Crippen LogP) is 1.79. The van der Waals surface area contributed by atoms with E-state index in [1.807, 2.05) is 25.1 Å². The maximum Gasteiger partial charge on any atom is 0.243 e. The minimum Gasteiger partial charge on any atom is -0.274 e. The van der Waals surface area contributed by atoms with Gasteiger partial charge < -0.3 is 0 Å². The Hall–Kier alpha value is -2.64. The van der Waals surface area contributed by atoms with Crippen LogP contribution in [0.15, 0.2) is 84.0 Å². The molecule has 162 valence electrons. The molecular weight excluding hydrogens is 405 g/mol. The van der Waals surface area contributed by atoms with Crippen molar-refractivity contribution < 1.29 is 13.0 Å². The van der Waals surface area contributed by atoms with Gasteiger partial charge in [-0.05, 0) is 37.1 Å². The summed E-state index contributed by atoms with van der Waals surface area (Å²) in [5.74, 6) is 0.379. The lowest BCUT2D eigenvalue weighted by Crippen LogP contribution is -2.54. The van der Waals surface area contributed by atoms with E-state index in [9.17, 15) is 8.42 Å². The Morgan fingerprint density at radius 1 is 1.10 bits per heavy atom. The molecule has 3 aromatic rings. The van der Waals surface area contributed by atoms with Crippen molar-refractivity contribution in [3.63, 3.8) is 0 Å². The molecule has 0 unspecified atom stereocenters. The highest BCUT2D eigenvalue weighted by Crippen LogP contribution is 2.40. The summed E-state index contributed by atoms with van der Waals surface area (Å²) >= 11 is 0. The normalized spacial score (nSPS) is 20.2. The molecule has 1 saturated heterocycles. The Balaban J connectivity index is 1.71. The molecule has 1 aromatic heterocycles. The van der Waals surface area contributed by atoms with Crippen molar-refractivity contribution in [1.29, 1.82) is 0 Å². The van der Waals surface area contributed by atoms with Gasteiger partial charge in [0.2, 0.25) is 10.0 Å². The molecule has 0 N–H and O–H groups in total. The first kappa shape index (κ1) is 21.6. The van der Waals surface area contributed by atoms with Crippen molar-refractivity contribution in [2.75, 3.05) is 13.1 Å². The van der Waals surface area contributed by atoms with Crippen LogP contribution in [-0.4, -0.2) is 37.7 Å². The topological polar surface area (TPSA) is 46.2 Å². The third kappa shape index (κ3) is 4.25. The molecule has 0 saturated carbocycles. The Morgan fingerprint density at radius 3 is 2.39 bits per heavy atom. The molecule has 0 bridgehead atoms. The number of sulfonamides is 1. The number of nitrogens with zero attached hydrogens (tertiary/aromatic N) is 3. The Labute approximate surface area is 185 Å². The van der Waals surface area contributed by atoms with Gasteiger partial charge in [-0.25, -0.2) is 8.42 Å². The standard InChI is InChI=1S/C24H30BN3O2S/c1-18-10-12-21(13-11-18)31(29,30)28-16-19(2)23(20-8-6-5-7-9-20)22(17-28)25-24-26(3)14-15-27(24)4/h5-15,22-23H,2,16-17,25H2,1,3-4H3/t22-,23+/m1/s1. The Kier molecular flexibility index (Phi) is 5.91. The molecule has 0 spiro atoms. The summed E-state index contributed by atoms with van der Waals surface area (Å²) in [6, 6.07) is 17.5. The van der Waals surface area contributed by atoms with Gasteiger partial charge in [0.1, 0.15) is 12.4 Å². The first-order valence-corrected chi connectivity index (χ1v) is 12.3. The number of hydrogen-bond acceptors (Lipinski definition) is 2. The summed E-state index contributed by atoms with van der Waals surface area (Å²) < 4.78 is 32.9. The maximum absolute atomic E-state index is 13.5. The van der Waals surface area contributed by atoms with Crippen LogP contribution in [0, 0.1) is 6.92 Å². The van der Waals surface area contributed by atoms with Crippen LogP contribution < -0.4 is 10.3 Å². The number of rotatable bonds is 5. The van der Waals surface area contributed by atoms with Crippen LogP contribution in [0.4, 0.5) is 0 Å². The number of aryl methyl sites for hydroxylation is 3. The molecule has 2 heterocycles. The quantitative estimate of drug-likeness (QED) is 0.349. The monoisotopic (exact) mass is 435 g/mol. The van der Waals surface area contributed by atoms with Gasteiger partial charge in [0, 0.05) is 6.54 Å². The van der Waals surface area contributed by atoms with Gasteiger partial charge in [-0.15, -0.1) is 5.82 Å². The summed E-state index contributed by atoms with van der Waals surface area (Å²) in [5.41, 5.74) is 4.53. The lowest BCUT2D eigenvalue weighted by atomic mass is 9.54. The maximum atomic E-state index is 13.5. The minimum atomic E-state index is -3.57. The van der Waals surface area contributed by atoms with Crippen molar-refractivity contribution in [2.45, 2.75) is 23.6 Å². The highest BCUT2D eigenvalue weighted by Gasteiger charge is 2.36. The summed E-state index contributed by atoms with van der Waals surface area (Å²) in [6.45, 7) is 7.20. The van der Waals surface area contributed by atoms with E-state index < -0.39 is 17.3 Å². The van der Waals surface area contributed by atoms with Gasteiger partial charge in [0.15, 0.2) is 0 Å². The first-order chi connectivity index (χ1) is 14.8. The number of benzene rings is 2. The van der Waals surface area contributed by atoms with E-state index in [0.29, 0.717) is 18.0 Å². The van der Waals surface area contributed by atoms with Gasteiger partial charge in [-0.2, -0.15) is 4.31 Å². The van der Waals surface area contributed by atoms with Crippen LogP contribution in [0.5, 0.6) is 0 Å². The van der Waals surface area contributed by atoms with E-state index >= 15 is 0 Å². The van der Waals surface area contributed by atoms with Gasteiger partial charge in [0.05, 0.1) is 32.0 Å². The average Bonchev–Trinajstić information content (AvgIpc) is 3.06. The molecule has 1 aliphatic heterocycles. The summed E-state index contributed by atoms with van der Waals surface area (Å²) in [4.78, 5) is 0.354. The van der Waals surface area contributed by atoms with Crippen LogP contribution in [0.1, 0.15) is 17.0 Å². The van der Waals surface area contributed by atoms with Crippen LogP contribution in [0.2, 0.25) is 5.82 Å². The fraction of sp³-hybridized carbons (Fsp3) is 0.292. The van der Waals surface area contributed by atoms with Crippen LogP contribution in [-0.2, 0) is 24.1 Å². The summed E-state index contributed by atoms with van der Waals surface area (Å²) in [5, 5.41) is 0. The van der Waals surface area contributed by atoms with Gasteiger partial charge in [-0.3, -0.25) is 9.13 Å². The van der Waals surface area contributed by atoms with Crippen molar-refractivity contribution >= 4 is 23.0 Å². The van der Waals surface area contributed by atoms with Crippen molar-refractivity contribution in [1.82, 2.24) is 8.87 Å². The molecule has 5 nitrogen and oxygen atoms in total. The van der Waals surface area contributed by atoms with E-state index in [-0.39, 0.29) is 11.7 Å². The molecular formula is C24H30BN3O2S. The molecule has 7 heteroatoms. The number of piperidine rings is 1. The van der Waals surface area contributed by atoms with E-state index in [0.717, 1.165) is 11.1 Å². The van der Waals surface area contributed by atoms with E-state index in [2.05, 4.69) is 66.5 Å². The third-order valence-corrected chi connectivity index (χ3v) is 8.69. The smallest absolute Gasteiger partial charge is 0.243 e. The second-order valence-corrected chi connectivity index (χ2v) is 10.9. The summed E-state index contributed by atoms with van der Waals surface area (Å²) in [6.07, 6.45) is 4.13. The fourth-order valence-corrected chi connectivity index (χ4v) is 6.69. The number of aromatic nitrogens is 2. The van der Waals surface area contributed by atoms with Crippen molar-refractivity contribution in [3.05, 3.63) is 90.3 Å². The number of hydrogen-bond donors (Lipinski definition) is 0. The highest BCUT2D eigenvalue weighted by molar-refractivity contribution is 7.89. The molecule has 1 aliphatic rings. The van der Waals surface area contributed by atoms with Crippen LogP contribution >= 0.6 is 0 Å². The summed E-state index contributed by atoms with van der Waals surface area (Å²) in [7, 11) is -0.0973. The molecule has 0 aliphatic carbocycles. The van der Waals surface area contributed by atoms with E-state index in [1.54, 1.807) is 16.4 Å². The average molecular weight is 435 g/mol. The van der Waals surface area contributed by atoms with Crippen LogP contribution in [0.25, 0.3) is 0 Å². The predicted molar refractivity (Wildman–Crippen MR) is 127 cm³/mol. The molecule has 1 fully saturated rings. The fourth-order valence-electron chi connectivity index (χ4n) is 5.15. The molecule has 4 rings (SSSR count). The molecule has 2 aromatic carbocycles. The zero-order chi connectivity index (χ0) is 22.2. The lowest BCUT2D eigenvalue weighted by molar-refractivity contribution is -0.653. The SMILES string of the molecule is C=C1CN(S(=O)(=O)c2ccc(C)cc2)C[C@@H]([BH2-]c2n(C)cc[n+]2C)[C@@H]1c1ccccc1. The van der Waals surface area contributed by atoms with Crippen molar-refractivity contribution in [3.8, 4) is 0 Å². The van der Waals surface area contributed by atoms with E-state index in [1.165, 1.54) is 11.3 Å². The van der Waals surface area contributed by atoms with Gasteiger partial charge >= 0.3 is 0 Å². The molecule has 0 amide bonds. The van der Waals surface area contributed by atoms with Gasteiger partial charge in [0.25, 0.3) is 0 Å². The highest BCUT2D eigenvalue weighted by atomic mass is 32.2.